The van der Waals surface area contributed by atoms with Gasteiger partial charge in [0.15, 0.2) is 15.1 Å². The summed E-state index contributed by atoms with van der Waals surface area (Å²) in [5, 5.41) is 6.52. The monoisotopic (exact) mass is 609 g/mol. The summed E-state index contributed by atoms with van der Waals surface area (Å²) in [6.45, 7) is -0.557. The molecule has 1 saturated carbocycles. The predicted octanol–water partition coefficient (Wildman–Crippen LogP) is 4.09. The lowest BCUT2D eigenvalue weighted by atomic mass is 10.0. The summed E-state index contributed by atoms with van der Waals surface area (Å²) in [6.07, 6.45) is -1.52. The van der Waals surface area contributed by atoms with E-state index >= 15 is 4.39 Å². The number of nitrogens with one attached hydrogen (secondary N) is 2. The van der Waals surface area contributed by atoms with Crippen LogP contribution in [0.5, 0.6) is 0 Å². The molecule has 1 atom stereocenters. The van der Waals surface area contributed by atoms with Crippen LogP contribution in [0.2, 0.25) is 0 Å². The molecule has 2 N–H and O–H groups in total. The second-order valence-corrected chi connectivity index (χ2v) is 12.8. The first-order chi connectivity index (χ1) is 19.4. The van der Waals surface area contributed by atoms with E-state index in [2.05, 4.69) is 20.7 Å². The fourth-order valence-corrected chi connectivity index (χ4v) is 7.16. The molecule has 4 aromatic rings. The number of alkyl halides is 3. The van der Waals surface area contributed by atoms with E-state index in [0.29, 0.717) is 10.3 Å². The molecule has 9 nitrogen and oxygen atoms in total. The van der Waals surface area contributed by atoms with E-state index in [0.717, 1.165) is 35.9 Å². The van der Waals surface area contributed by atoms with E-state index in [-0.39, 0.29) is 22.1 Å². The molecule has 41 heavy (non-hydrogen) atoms. The number of fused-ring (bicyclic) bond motifs is 1. The summed E-state index contributed by atoms with van der Waals surface area (Å²) in [5.41, 5.74) is 1.46. The first kappa shape index (κ1) is 28.7. The topological polar surface area (TPSA) is 123 Å². The zero-order valence-corrected chi connectivity index (χ0v) is 22.8. The molecular weight excluding hydrogens is 586 g/mol. The second kappa shape index (κ2) is 11.2. The van der Waals surface area contributed by atoms with E-state index in [1.807, 2.05) is 0 Å². The molecule has 0 saturated heterocycles. The van der Waals surface area contributed by atoms with Gasteiger partial charge in [-0.2, -0.15) is 18.3 Å². The molecule has 1 unspecified atom stereocenters. The van der Waals surface area contributed by atoms with E-state index in [1.54, 1.807) is 47.4 Å². The van der Waals surface area contributed by atoms with Crippen LogP contribution in [0.1, 0.15) is 29.5 Å². The van der Waals surface area contributed by atoms with E-state index in [9.17, 15) is 31.2 Å². The van der Waals surface area contributed by atoms with Crippen LogP contribution in [0.15, 0.2) is 54.9 Å². The van der Waals surface area contributed by atoms with Crippen molar-refractivity contribution in [1.82, 2.24) is 25.4 Å². The summed E-state index contributed by atoms with van der Waals surface area (Å²) in [6, 6.07) is 11.1. The summed E-state index contributed by atoms with van der Waals surface area (Å²) in [7, 11) is -4.73. The maximum atomic E-state index is 15.1. The number of carbonyl (C=O) groups is 2. The number of rotatable bonds is 10. The number of hydrogen-bond donors (Lipinski definition) is 2. The van der Waals surface area contributed by atoms with Gasteiger partial charge in [-0.15, -0.1) is 11.3 Å². The Balaban J connectivity index is 1.45. The SMILES string of the molecule is O=C(CNC(=O)C(c1nc2cc(F)c(-c3ccc(-n4cccn4)cc3)cc2s1)S(=O)(=O)CCC(F)(F)F)NC1CC1. The Labute approximate surface area is 235 Å². The predicted molar refractivity (Wildman–Crippen MR) is 144 cm³/mol. The Morgan fingerprint density at radius 1 is 1.15 bits per heavy atom. The molecule has 15 heteroatoms. The largest absolute Gasteiger partial charge is 0.390 e. The Morgan fingerprint density at radius 2 is 1.88 bits per heavy atom. The fraction of sp³-hybridized carbons (Fsp3) is 0.308. The molecule has 1 aliphatic carbocycles. The summed E-state index contributed by atoms with van der Waals surface area (Å²) >= 11 is 0.754. The first-order valence-corrected chi connectivity index (χ1v) is 15.0. The lowest BCUT2D eigenvalue weighted by molar-refractivity contribution is -0.130. The van der Waals surface area contributed by atoms with Crippen molar-refractivity contribution in [3.8, 4) is 16.8 Å². The van der Waals surface area contributed by atoms with Crippen LogP contribution in [0.4, 0.5) is 17.6 Å². The highest BCUT2D eigenvalue weighted by Gasteiger charge is 2.40. The molecule has 2 amide bonds. The van der Waals surface area contributed by atoms with Gasteiger partial charge < -0.3 is 10.6 Å². The normalized spacial score (nSPS) is 14.6. The molecule has 5 rings (SSSR count). The van der Waals surface area contributed by atoms with E-state index in [1.165, 1.54) is 6.07 Å². The van der Waals surface area contributed by atoms with Crippen molar-refractivity contribution in [3.05, 3.63) is 65.7 Å². The Morgan fingerprint density at radius 3 is 2.51 bits per heavy atom. The third-order valence-electron chi connectivity index (χ3n) is 6.30. The van der Waals surface area contributed by atoms with Gasteiger partial charge in [-0.1, -0.05) is 12.1 Å². The lowest BCUT2D eigenvalue weighted by Crippen LogP contribution is -2.41. The van der Waals surface area contributed by atoms with Crippen molar-refractivity contribution in [3.63, 3.8) is 0 Å². The number of nitrogens with zero attached hydrogens (tertiary/aromatic N) is 3. The Bertz CT molecular complexity index is 1680. The molecule has 2 heterocycles. The van der Waals surface area contributed by atoms with Crippen LogP contribution in [0.3, 0.4) is 0 Å². The van der Waals surface area contributed by atoms with Crippen molar-refractivity contribution >= 4 is 43.2 Å². The highest BCUT2D eigenvalue weighted by atomic mass is 32.2. The minimum Gasteiger partial charge on any atom is -0.352 e. The number of benzene rings is 2. The van der Waals surface area contributed by atoms with Gasteiger partial charge in [0.25, 0.3) is 0 Å². The van der Waals surface area contributed by atoms with Crippen LogP contribution in [0, 0.1) is 5.82 Å². The highest BCUT2D eigenvalue weighted by Crippen LogP contribution is 2.36. The molecule has 0 aliphatic heterocycles. The Hall–Kier alpha value is -3.85. The van der Waals surface area contributed by atoms with Gasteiger partial charge in [-0.3, -0.25) is 9.59 Å². The van der Waals surface area contributed by atoms with Crippen LogP contribution in [-0.2, 0) is 19.4 Å². The molecular formula is C26H23F4N5O4S2. The standard InChI is InChI=1S/C26H23F4N5O4S2/c27-19-13-20-21(12-18(19)15-2-6-17(7-3-15)35-10-1-9-32-35)40-25(34-20)23(41(38,39)11-8-26(28,29)30)24(37)31-14-22(36)33-16-4-5-16/h1-3,6-7,9-10,12-13,16,23H,4-5,8,11,14H2,(H,31,37)(H,33,36). The molecule has 216 valence electrons. The zero-order valence-electron chi connectivity index (χ0n) is 21.2. The number of aromatic nitrogens is 3. The molecule has 0 spiro atoms. The summed E-state index contributed by atoms with van der Waals surface area (Å²) < 4.78 is 81.8. The summed E-state index contributed by atoms with van der Waals surface area (Å²) in [5.74, 6) is -3.77. The van der Waals surface area contributed by atoms with Crippen molar-refractivity contribution < 1.29 is 35.6 Å². The minimum absolute atomic E-state index is 0.0131. The van der Waals surface area contributed by atoms with Gasteiger partial charge in [-0.25, -0.2) is 22.5 Å². The fourth-order valence-electron chi connectivity index (χ4n) is 4.09. The molecule has 1 fully saturated rings. The van der Waals surface area contributed by atoms with Crippen molar-refractivity contribution in [2.45, 2.75) is 36.7 Å². The number of hydrogen-bond acceptors (Lipinski definition) is 7. The average Bonchev–Trinajstić information content (AvgIpc) is 3.38. The minimum atomic E-state index is -4.78. The highest BCUT2D eigenvalue weighted by molar-refractivity contribution is 7.92. The van der Waals surface area contributed by atoms with Crippen LogP contribution in [-0.4, -0.2) is 59.5 Å². The van der Waals surface area contributed by atoms with Crippen LogP contribution in [0.25, 0.3) is 27.0 Å². The number of carbonyl (C=O) groups excluding carboxylic acids is 2. The molecule has 2 aromatic heterocycles. The molecule has 1 aliphatic rings. The third-order valence-corrected chi connectivity index (χ3v) is 9.46. The van der Waals surface area contributed by atoms with Crippen molar-refractivity contribution in [2.75, 3.05) is 12.3 Å². The maximum Gasteiger partial charge on any atom is 0.390 e. The zero-order chi connectivity index (χ0) is 29.4. The average molecular weight is 610 g/mol. The maximum absolute atomic E-state index is 15.1. The summed E-state index contributed by atoms with van der Waals surface area (Å²) in [4.78, 5) is 29.2. The van der Waals surface area contributed by atoms with Crippen LogP contribution < -0.4 is 10.6 Å². The number of halogens is 4. The molecule has 0 bridgehead atoms. The van der Waals surface area contributed by atoms with E-state index in [4.69, 9.17) is 0 Å². The van der Waals surface area contributed by atoms with E-state index < -0.39 is 57.6 Å². The molecule has 0 radical (unpaired) electrons. The van der Waals surface area contributed by atoms with Gasteiger partial charge in [0, 0.05) is 30.1 Å². The Kier molecular flexibility index (Phi) is 7.83. The smallest absolute Gasteiger partial charge is 0.352 e. The van der Waals surface area contributed by atoms with Gasteiger partial charge >= 0.3 is 6.18 Å². The number of sulfone groups is 1. The number of thiazole rings is 1. The lowest BCUT2D eigenvalue weighted by Gasteiger charge is -2.16. The van der Waals surface area contributed by atoms with Gasteiger partial charge in [0.05, 0.1) is 34.6 Å². The number of amides is 2. The second-order valence-electron chi connectivity index (χ2n) is 9.52. The third kappa shape index (κ3) is 6.90. The van der Waals surface area contributed by atoms with Crippen molar-refractivity contribution in [2.24, 2.45) is 0 Å². The van der Waals surface area contributed by atoms with Crippen molar-refractivity contribution in [1.29, 1.82) is 0 Å². The van der Waals surface area contributed by atoms with Gasteiger partial charge in [-0.05, 0) is 42.7 Å². The quantitative estimate of drug-likeness (QED) is 0.261. The molecule has 2 aromatic carbocycles. The van der Waals surface area contributed by atoms with Gasteiger partial charge in [0.1, 0.15) is 10.8 Å². The van der Waals surface area contributed by atoms with Crippen LogP contribution >= 0.6 is 11.3 Å². The van der Waals surface area contributed by atoms with Gasteiger partial charge in [0.2, 0.25) is 11.8 Å². The first-order valence-electron chi connectivity index (χ1n) is 12.5.